The maximum Gasteiger partial charge on any atom is 0.258 e. The van der Waals surface area contributed by atoms with Crippen molar-refractivity contribution in [3.8, 4) is 5.75 Å². The molecule has 1 aliphatic heterocycles. The summed E-state index contributed by atoms with van der Waals surface area (Å²) in [6.07, 6.45) is 0. The molecule has 1 aliphatic rings. The van der Waals surface area contributed by atoms with Gasteiger partial charge in [-0.25, -0.2) is 0 Å². The van der Waals surface area contributed by atoms with Gasteiger partial charge in [-0.3, -0.25) is 9.59 Å². The van der Waals surface area contributed by atoms with Crippen molar-refractivity contribution in [3.63, 3.8) is 0 Å². The fourth-order valence-corrected chi connectivity index (χ4v) is 3.92. The number of para-hydroxylation sites is 1. The Morgan fingerprint density at radius 1 is 1.10 bits per heavy atom. The highest BCUT2D eigenvalue weighted by Crippen LogP contribution is 2.38. The molecule has 0 radical (unpaired) electrons. The quantitative estimate of drug-likeness (QED) is 0.651. The molecule has 1 N–H and O–H groups in total. The maximum absolute atomic E-state index is 13.7. The van der Waals surface area contributed by atoms with Crippen LogP contribution in [-0.2, 0) is 4.79 Å². The number of hydrogen-bond acceptors (Lipinski definition) is 3. The van der Waals surface area contributed by atoms with E-state index in [0.29, 0.717) is 28.6 Å². The van der Waals surface area contributed by atoms with E-state index in [9.17, 15) is 9.59 Å². The van der Waals surface area contributed by atoms with E-state index in [4.69, 9.17) is 16.3 Å². The van der Waals surface area contributed by atoms with Crippen molar-refractivity contribution >= 4 is 29.1 Å². The Balaban J connectivity index is 1.88. The van der Waals surface area contributed by atoms with Crippen LogP contribution in [-0.4, -0.2) is 29.9 Å². The summed E-state index contributed by atoms with van der Waals surface area (Å²) in [4.78, 5) is 28.0. The first-order valence-corrected chi connectivity index (χ1v) is 10.1. The van der Waals surface area contributed by atoms with Gasteiger partial charge >= 0.3 is 0 Å². The normalized spacial score (nSPS) is 15.7. The van der Waals surface area contributed by atoms with Gasteiger partial charge in [-0.1, -0.05) is 54.1 Å². The molecule has 30 heavy (non-hydrogen) atoms. The molecule has 1 heterocycles. The molecule has 0 aromatic heterocycles. The van der Waals surface area contributed by atoms with Gasteiger partial charge in [0.1, 0.15) is 12.3 Å². The van der Waals surface area contributed by atoms with Crippen molar-refractivity contribution in [3.05, 3.63) is 94.5 Å². The molecule has 0 aliphatic carbocycles. The molecular weight excluding hydrogens is 400 g/mol. The molecule has 0 saturated carbocycles. The third kappa shape index (κ3) is 3.89. The van der Waals surface area contributed by atoms with E-state index < -0.39 is 6.04 Å². The summed E-state index contributed by atoms with van der Waals surface area (Å²) in [5.74, 6) is -0.0529. The number of amides is 2. The zero-order valence-electron chi connectivity index (χ0n) is 16.5. The van der Waals surface area contributed by atoms with Gasteiger partial charge in [0.2, 0.25) is 5.91 Å². The van der Waals surface area contributed by atoms with Gasteiger partial charge in [-0.2, -0.15) is 0 Å². The Hall–Kier alpha value is -3.31. The molecule has 3 aromatic carbocycles. The van der Waals surface area contributed by atoms with Crippen LogP contribution in [0.25, 0.3) is 0 Å². The van der Waals surface area contributed by atoms with Gasteiger partial charge in [-0.05, 0) is 42.8 Å². The molecule has 0 spiro atoms. The minimum atomic E-state index is -0.485. The maximum atomic E-state index is 13.7. The van der Waals surface area contributed by atoms with Crippen LogP contribution < -0.4 is 10.1 Å². The second-order valence-corrected chi connectivity index (χ2v) is 7.39. The first-order chi connectivity index (χ1) is 14.6. The summed E-state index contributed by atoms with van der Waals surface area (Å²) in [5.41, 5.74) is 2.71. The van der Waals surface area contributed by atoms with E-state index in [1.165, 1.54) is 0 Å². The lowest BCUT2D eigenvalue weighted by molar-refractivity contribution is -0.117. The van der Waals surface area contributed by atoms with Gasteiger partial charge in [0, 0.05) is 16.3 Å². The van der Waals surface area contributed by atoms with Gasteiger partial charge in [0.25, 0.3) is 5.91 Å². The lowest BCUT2D eigenvalue weighted by Gasteiger charge is -2.31. The largest absolute Gasteiger partial charge is 0.493 e. The van der Waals surface area contributed by atoms with Crippen LogP contribution in [0.1, 0.15) is 34.5 Å². The molecule has 2 amide bonds. The van der Waals surface area contributed by atoms with Crippen molar-refractivity contribution in [2.75, 3.05) is 18.5 Å². The number of carbonyl (C=O) groups excluding carboxylic acids is 2. The zero-order chi connectivity index (χ0) is 21.1. The van der Waals surface area contributed by atoms with Crippen molar-refractivity contribution in [2.45, 2.75) is 13.0 Å². The monoisotopic (exact) mass is 420 g/mol. The highest BCUT2D eigenvalue weighted by molar-refractivity contribution is 6.30. The predicted octanol–water partition coefficient (Wildman–Crippen LogP) is 4.92. The number of benzene rings is 3. The summed E-state index contributed by atoms with van der Waals surface area (Å²) >= 11 is 6.29. The highest BCUT2D eigenvalue weighted by Gasteiger charge is 2.35. The van der Waals surface area contributed by atoms with Crippen LogP contribution in [0.15, 0.2) is 72.8 Å². The fourth-order valence-electron chi connectivity index (χ4n) is 3.74. The van der Waals surface area contributed by atoms with E-state index in [0.717, 1.165) is 11.1 Å². The van der Waals surface area contributed by atoms with Crippen LogP contribution in [0.3, 0.4) is 0 Å². The van der Waals surface area contributed by atoms with Crippen LogP contribution in [0.2, 0.25) is 5.02 Å². The Bertz CT molecular complexity index is 1080. The molecule has 0 unspecified atom stereocenters. The average Bonchev–Trinajstić information content (AvgIpc) is 2.90. The highest BCUT2D eigenvalue weighted by atomic mass is 35.5. The third-order valence-electron chi connectivity index (χ3n) is 5.00. The number of halogens is 1. The first-order valence-electron chi connectivity index (χ1n) is 9.75. The van der Waals surface area contributed by atoms with Gasteiger partial charge < -0.3 is 15.0 Å². The molecule has 4 rings (SSSR count). The second kappa shape index (κ2) is 8.59. The topological polar surface area (TPSA) is 58.6 Å². The summed E-state index contributed by atoms with van der Waals surface area (Å²) in [5, 5.41) is 3.44. The van der Waals surface area contributed by atoms with Crippen LogP contribution >= 0.6 is 11.6 Å². The molecular formula is C24H21ClN2O3. The van der Waals surface area contributed by atoms with E-state index >= 15 is 0 Å². The molecule has 6 heteroatoms. The standard InChI is InChI=1S/C24H21ClN2O3/c1-2-30-21-11-7-6-10-18(21)24(29)27-15-22(28)26-20-13-12-17(25)14-19(20)23(27)16-8-4-3-5-9-16/h3-14,23H,2,15H2,1H3,(H,26,28)/t23-/m0/s1. The number of nitrogens with zero attached hydrogens (tertiary/aromatic N) is 1. The number of rotatable bonds is 4. The third-order valence-corrected chi connectivity index (χ3v) is 5.24. The molecule has 0 fully saturated rings. The van der Waals surface area contributed by atoms with E-state index in [1.54, 1.807) is 41.3 Å². The van der Waals surface area contributed by atoms with E-state index in [-0.39, 0.29) is 18.4 Å². The van der Waals surface area contributed by atoms with E-state index in [1.807, 2.05) is 43.3 Å². The number of carbonyl (C=O) groups is 2. The minimum absolute atomic E-state index is 0.0921. The molecule has 5 nitrogen and oxygen atoms in total. The Morgan fingerprint density at radius 3 is 2.60 bits per heavy atom. The molecule has 0 bridgehead atoms. The number of hydrogen-bond donors (Lipinski definition) is 1. The lowest BCUT2D eigenvalue weighted by atomic mass is 9.95. The molecule has 1 atom stereocenters. The van der Waals surface area contributed by atoms with Crippen LogP contribution in [0.5, 0.6) is 5.75 Å². The Kier molecular flexibility index (Phi) is 5.72. The predicted molar refractivity (Wildman–Crippen MR) is 117 cm³/mol. The van der Waals surface area contributed by atoms with Crippen molar-refractivity contribution in [1.82, 2.24) is 4.90 Å². The second-order valence-electron chi connectivity index (χ2n) is 6.96. The summed E-state index contributed by atoms with van der Waals surface area (Å²) in [6, 6.07) is 21.5. The number of nitrogens with one attached hydrogen (secondary N) is 1. The first kappa shape index (κ1) is 20.0. The molecule has 152 valence electrons. The summed E-state index contributed by atoms with van der Waals surface area (Å²) in [7, 11) is 0. The van der Waals surface area contributed by atoms with Crippen molar-refractivity contribution < 1.29 is 14.3 Å². The van der Waals surface area contributed by atoms with Crippen molar-refractivity contribution in [2.24, 2.45) is 0 Å². The minimum Gasteiger partial charge on any atom is -0.493 e. The van der Waals surface area contributed by atoms with E-state index in [2.05, 4.69) is 5.32 Å². The Morgan fingerprint density at radius 2 is 1.83 bits per heavy atom. The molecule has 0 saturated heterocycles. The van der Waals surface area contributed by atoms with Gasteiger partial charge in [-0.15, -0.1) is 0 Å². The van der Waals surface area contributed by atoms with Gasteiger partial charge in [0.15, 0.2) is 0 Å². The molecule has 3 aromatic rings. The number of ether oxygens (including phenoxy) is 1. The summed E-state index contributed by atoms with van der Waals surface area (Å²) in [6.45, 7) is 2.21. The summed E-state index contributed by atoms with van der Waals surface area (Å²) < 4.78 is 5.67. The fraction of sp³-hybridized carbons (Fsp3) is 0.167. The Labute approximate surface area is 180 Å². The van der Waals surface area contributed by atoms with Gasteiger partial charge in [0.05, 0.1) is 18.2 Å². The smallest absolute Gasteiger partial charge is 0.258 e. The lowest BCUT2D eigenvalue weighted by Crippen LogP contribution is -2.39. The average molecular weight is 421 g/mol. The number of fused-ring (bicyclic) bond motifs is 1. The van der Waals surface area contributed by atoms with Crippen molar-refractivity contribution in [1.29, 1.82) is 0 Å². The number of anilines is 1. The SMILES string of the molecule is CCOc1ccccc1C(=O)N1CC(=O)Nc2ccc(Cl)cc2[C@@H]1c1ccccc1. The van der Waals surface area contributed by atoms with Crippen LogP contribution in [0, 0.1) is 0 Å². The zero-order valence-corrected chi connectivity index (χ0v) is 17.2. The van der Waals surface area contributed by atoms with Crippen LogP contribution in [0.4, 0.5) is 5.69 Å².